The molecule has 1 aliphatic rings. The molecule has 1 unspecified atom stereocenters. The number of aryl methyl sites for hydroxylation is 2. The number of benzene rings is 1. The van der Waals surface area contributed by atoms with Crippen LogP contribution < -0.4 is 10.1 Å². The second-order valence-electron chi connectivity index (χ2n) is 5.72. The first-order valence-electron chi connectivity index (χ1n) is 7.82. The highest BCUT2D eigenvalue weighted by molar-refractivity contribution is 5.42. The lowest BCUT2D eigenvalue weighted by atomic mass is 9.98. The van der Waals surface area contributed by atoms with Crippen molar-refractivity contribution in [3.8, 4) is 5.75 Å². The molecule has 112 valence electrons. The molecular formula is C17H28N2O. The summed E-state index contributed by atoms with van der Waals surface area (Å²) in [6.45, 7) is 14.0. The molecule has 1 aromatic carbocycles. The van der Waals surface area contributed by atoms with Gasteiger partial charge in [-0.1, -0.05) is 6.07 Å². The predicted octanol–water partition coefficient (Wildman–Crippen LogP) is 3.06. The van der Waals surface area contributed by atoms with Gasteiger partial charge in [0.15, 0.2) is 0 Å². The van der Waals surface area contributed by atoms with Crippen molar-refractivity contribution in [1.29, 1.82) is 0 Å². The molecule has 1 saturated heterocycles. The largest absolute Gasteiger partial charge is 0.494 e. The van der Waals surface area contributed by atoms with Crippen molar-refractivity contribution >= 4 is 0 Å². The Morgan fingerprint density at radius 1 is 1.20 bits per heavy atom. The van der Waals surface area contributed by atoms with E-state index in [2.05, 4.69) is 43.1 Å². The highest BCUT2D eigenvalue weighted by Crippen LogP contribution is 2.29. The molecule has 0 spiro atoms. The first kappa shape index (κ1) is 15.3. The first-order valence-corrected chi connectivity index (χ1v) is 7.82. The van der Waals surface area contributed by atoms with E-state index in [1.807, 2.05) is 6.92 Å². The second-order valence-corrected chi connectivity index (χ2v) is 5.72. The molecule has 1 heterocycles. The summed E-state index contributed by atoms with van der Waals surface area (Å²) in [6.07, 6.45) is 1.24. The lowest BCUT2D eigenvalue weighted by molar-refractivity contribution is 0.224. The van der Waals surface area contributed by atoms with Gasteiger partial charge < -0.3 is 10.1 Å². The number of hydrogen-bond acceptors (Lipinski definition) is 3. The van der Waals surface area contributed by atoms with E-state index in [0.29, 0.717) is 6.04 Å². The molecule has 0 aliphatic carbocycles. The van der Waals surface area contributed by atoms with E-state index in [4.69, 9.17) is 4.74 Å². The van der Waals surface area contributed by atoms with Crippen LogP contribution in [0.3, 0.4) is 0 Å². The molecule has 20 heavy (non-hydrogen) atoms. The molecular weight excluding hydrogens is 248 g/mol. The summed E-state index contributed by atoms with van der Waals surface area (Å²) in [5.74, 6) is 1.03. The highest BCUT2D eigenvalue weighted by atomic mass is 16.5. The lowest BCUT2D eigenvalue weighted by Gasteiger charge is -2.29. The van der Waals surface area contributed by atoms with Gasteiger partial charge in [-0.25, -0.2) is 0 Å². The van der Waals surface area contributed by atoms with Crippen LogP contribution in [0.25, 0.3) is 0 Å². The molecule has 1 fully saturated rings. The topological polar surface area (TPSA) is 24.5 Å². The molecule has 0 bridgehead atoms. The molecule has 0 saturated carbocycles. The van der Waals surface area contributed by atoms with Crippen LogP contribution in [0.15, 0.2) is 12.1 Å². The number of hydrogen-bond donors (Lipinski definition) is 1. The number of ether oxygens (including phenoxy) is 1. The van der Waals surface area contributed by atoms with Gasteiger partial charge in [-0.05, 0) is 70.0 Å². The van der Waals surface area contributed by atoms with Gasteiger partial charge in [-0.15, -0.1) is 0 Å². The number of rotatable bonds is 4. The summed E-state index contributed by atoms with van der Waals surface area (Å²) in [5.41, 5.74) is 4.02. The third kappa shape index (κ3) is 3.53. The Hall–Kier alpha value is -1.06. The van der Waals surface area contributed by atoms with Crippen molar-refractivity contribution in [3.63, 3.8) is 0 Å². The Morgan fingerprint density at radius 2 is 2.00 bits per heavy atom. The minimum absolute atomic E-state index is 0.476. The second kappa shape index (κ2) is 7.09. The minimum atomic E-state index is 0.476. The predicted molar refractivity (Wildman–Crippen MR) is 84.6 cm³/mol. The third-order valence-corrected chi connectivity index (χ3v) is 4.24. The van der Waals surface area contributed by atoms with Crippen molar-refractivity contribution in [1.82, 2.24) is 10.2 Å². The van der Waals surface area contributed by atoms with Gasteiger partial charge >= 0.3 is 0 Å². The van der Waals surface area contributed by atoms with E-state index in [1.165, 1.54) is 29.7 Å². The van der Waals surface area contributed by atoms with Crippen LogP contribution in [-0.2, 0) is 0 Å². The van der Waals surface area contributed by atoms with Crippen molar-refractivity contribution in [3.05, 3.63) is 28.8 Å². The Balaban J connectivity index is 2.20. The standard InChI is InChI=1S/C17H28N2O/c1-5-20-17-12-13(2)16(11-14(17)3)15(4)19-9-6-7-18-8-10-19/h11-12,15,18H,5-10H2,1-4H3. The molecule has 2 rings (SSSR count). The summed E-state index contributed by atoms with van der Waals surface area (Å²) in [7, 11) is 0. The zero-order valence-corrected chi connectivity index (χ0v) is 13.3. The van der Waals surface area contributed by atoms with Gasteiger partial charge in [-0.3, -0.25) is 4.90 Å². The van der Waals surface area contributed by atoms with Crippen LogP contribution in [0, 0.1) is 13.8 Å². The van der Waals surface area contributed by atoms with Crippen LogP contribution in [-0.4, -0.2) is 37.7 Å². The highest BCUT2D eigenvalue weighted by Gasteiger charge is 2.19. The van der Waals surface area contributed by atoms with E-state index >= 15 is 0 Å². The van der Waals surface area contributed by atoms with Gasteiger partial charge in [0.2, 0.25) is 0 Å². The SMILES string of the molecule is CCOc1cc(C)c(C(C)N2CCCNCC2)cc1C. The van der Waals surface area contributed by atoms with E-state index in [0.717, 1.165) is 32.0 Å². The van der Waals surface area contributed by atoms with E-state index in [9.17, 15) is 0 Å². The Bertz CT molecular complexity index is 437. The molecule has 0 aromatic heterocycles. The van der Waals surface area contributed by atoms with Crippen LogP contribution in [0.5, 0.6) is 5.75 Å². The minimum Gasteiger partial charge on any atom is -0.494 e. The smallest absolute Gasteiger partial charge is 0.122 e. The number of nitrogens with zero attached hydrogens (tertiary/aromatic N) is 1. The van der Waals surface area contributed by atoms with Gasteiger partial charge in [0.05, 0.1) is 6.61 Å². The van der Waals surface area contributed by atoms with Crippen LogP contribution in [0.2, 0.25) is 0 Å². The zero-order chi connectivity index (χ0) is 14.5. The van der Waals surface area contributed by atoms with Crippen LogP contribution >= 0.6 is 0 Å². The summed E-state index contributed by atoms with van der Waals surface area (Å²) < 4.78 is 5.69. The zero-order valence-electron chi connectivity index (χ0n) is 13.3. The molecule has 1 N–H and O–H groups in total. The molecule has 3 nitrogen and oxygen atoms in total. The van der Waals surface area contributed by atoms with E-state index in [-0.39, 0.29) is 0 Å². The Morgan fingerprint density at radius 3 is 2.75 bits per heavy atom. The Kier molecular flexibility index (Phi) is 5.44. The third-order valence-electron chi connectivity index (χ3n) is 4.24. The molecule has 0 radical (unpaired) electrons. The maximum absolute atomic E-state index is 5.69. The average molecular weight is 276 g/mol. The summed E-state index contributed by atoms with van der Waals surface area (Å²) >= 11 is 0. The quantitative estimate of drug-likeness (QED) is 0.914. The van der Waals surface area contributed by atoms with E-state index in [1.54, 1.807) is 0 Å². The molecule has 3 heteroatoms. The van der Waals surface area contributed by atoms with Crippen LogP contribution in [0.4, 0.5) is 0 Å². The lowest BCUT2D eigenvalue weighted by Crippen LogP contribution is -2.31. The fraction of sp³-hybridized carbons (Fsp3) is 0.647. The fourth-order valence-electron chi connectivity index (χ4n) is 3.02. The fourth-order valence-corrected chi connectivity index (χ4v) is 3.02. The van der Waals surface area contributed by atoms with Crippen molar-refractivity contribution in [2.75, 3.05) is 32.8 Å². The van der Waals surface area contributed by atoms with Crippen LogP contribution in [0.1, 0.15) is 43.0 Å². The monoisotopic (exact) mass is 276 g/mol. The van der Waals surface area contributed by atoms with Crippen molar-refractivity contribution in [2.24, 2.45) is 0 Å². The Labute approximate surface area is 123 Å². The van der Waals surface area contributed by atoms with Gasteiger partial charge in [0.25, 0.3) is 0 Å². The van der Waals surface area contributed by atoms with Gasteiger partial charge in [0, 0.05) is 19.1 Å². The summed E-state index contributed by atoms with van der Waals surface area (Å²) in [4.78, 5) is 2.59. The van der Waals surface area contributed by atoms with Crippen molar-refractivity contribution in [2.45, 2.75) is 40.2 Å². The first-order chi connectivity index (χ1) is 9.63. The molecule has 0 amide bonds. The van der Waals surface area contributed by atoms with Gasteiger partial charge in [-0.2, -0.15) is 0 Å². The molecule has 1 aromatic rings. The average Bonchev–Trinajstić information content (AvgIpc) is 2.71. The number of nitrogens with one attached hydrogen (secondary N) is 1. The van der Waals surface area contributed by atoms with Crippen molar-refractivity contribution < 1.29 is 4.74 Å². The molecule has 1 atom stereocenters. The summed E-state index contributed by atoms with van der Waals surface area (Å²) in [6, 6.07) is 4.98. The molecule has 1 aliphatic heterocycles. The maximum Gasteiger partial charge on any atom is 0.122 e. The van der Waals surface area contributed by atoms with E-state index < -0.39 is 0 Å². The normalized spacial score (nSPS) is 18.6. The maximum atomic E-state index is 5.69. The van der Waals surface area contributed by atoms with Gasteiger partial charge in [0.1, 0.15) is 5.75 Å². The summed E-state index contributed by atoms with van der Waals surface area (Å²) in [5, 5.41) is 3.47.